The van der Waals surface area contributed by atoms with Crippen LogP contribution in [0.15, 0.2) is 65.4 Å². The molecule has 1 N–H and O–H groups in total. The molecule has 0 radical (unpaired) electrons. The molecule has 264 valence electrons. The van der Waals surface area contributed by atoms with Crippen LogP contribution >= 0.6 is 0 Å². The highest BCUT2D eigenvalue weighted by Crippen LogP contribution is 2.45. The predicted octanol–water partition coefficient (Wildman–Crippen LogP) is 5.71. The van der Waals surface area contributed by atoms with Gasteiger partial charge in [0.2, 0.25) is 0 Å². The van der Waals surface area contributed by atoms with Crippen molar-refractivity contribution in [2.75, 3.05) is 50.2 Å². The van der Waals surface area contributed by atoms with E-state index in [0.29, 0.717) is 72.3 Å². The van der Waals surface area contributed by atoms with E-state index in [9.17, 15) is 14.4 Å². The summed E-state index contributed by atoms with van der Waals surface area (Å²) in [6.07, 6.45) is 7.58. The molecule has 3 aliphatic rings. The number of methoxy groups -OCH3 is 1. The molecular formula is C39H41FN6O5. The van der Waals surface area contributed by atoms with Crippen LogP contribution in [0.25, 0.3) is 17.3 Å². The fourth-order valence-corrected chi connectivity index (χ4v) is 6.71. The lowest BCUT2D eigenvalue weighted by Crippen LogP contribution is -2.40. The van der Waals surface area contributed by atoms with E-state index in [1.807, 2.05) is 32.9 Å². The zero-order chi connectivity index (χ0) is 36.0. The molecule has 5 heterocycles. The van der Waals surface area contributed by atoms with Crippen LogP contribution in [0.1, 0.15) is 64.6 Å². The standard InChI is InChI=1S/C39H41FN6O5/c1-39(2,3)28-16-25-14-24-15-26(24)21-46(38(49)34(25)30(40)18-28)32-8-9-41-35(29(32)22-50-5)27-17-31(37(48)44(4)20-27)43-33-7-6-23(19-42-33)36(47)45-10-12-51-13-11-45/h6-9,14,16-20,26H,10-13,15,21-22H2,1-5H3,(H,42,43)/b24-14+. The first-order valence-corrected chi connectivity index (χ1v) is 17.1. The Hall–Kier alpha value is -5.20. The predicted molar refractivity (Wildman–Crippen MR) is 193 cm³/mol. The molecule has 1 atom stereocenters. The molecule has 4 aromatic rings. The topological polar surface area (TPSA) is 119 Å². The molecule has 7 rings (SSSR count). The first-order valence-electron chi connectivity index (χ1n) is 17.1. The SMILES string of the molecule is COCc1c(N2CC3C/C3=C\c3cc(C(C)(C)C)cc(F)c3C2=O)ccnc1-c1cc(Nc2ccc(C(=O)N3CCOCC3)cn2)c(=O)n(C)c1. The van der Waals surface area contributed by atoms with Crippen LogP contribution in [0.5, 0.6) is 0 Å². The zero-order valence-electron chi connectivity index (χ0n) is 29.5. The number of carbonyl (C=O) groups excluding carboxylic acids is 2. The summed E-state index contributed by atoms with van der Waals surface area (Å²) in [7, 11) is 3.20. The second-order valence-electron chi connectivity index (χ2n) is 14.3. The van der Waals surface area contributed by atoms with E-state index >= 15 is 4.39 Å². The molecule has 2 amide bonds. The maximum atomic E-state index is 15.9. The number of carbonyl (C=O) groups is 2. The zero-order valence-corrected chi connectivity index (χ0v) is 29.5. The van der Waals surface area contributed by atoms with Gasteiger partial charge < -0.3 is 29.2 Å². The molecule has 51 heavy (non-hydrogen) atoms. The third-order valence-corrected chi connectivity index (χ3v) is 9.67. The molecule has 1 saturated heterocycles. The van der Waals surface area contributed by atoms with Gasteiger partial charge in [-0.05, 0) is 53.3 Å². The highest BCUT2D eigenvalue weighted by Gasteiger charge is 2.39. The smallest absolute Gasteiger partial charge is 0.274 e. The number of ether oxygens (including phenoxy) is 2. The van der Waals surface area contributed by atoms with Crippen molar-refractivity contribution in [2.24, 2.45) is 13.0 Å². The summed E-state index contributed by atoms with van der Waals surface area (Å²) in [6, 6.07) is 10.2. The van der Waals surface area contributed by atoms with E-state index < -0.39 is 11.7 Å². The van der Waals surface area contributed by atoms with Gasteiger partial charge in [0, 0.05) is 69.4 Å². The van der Waals surface area contributed by atoms with Crippen LogP contribution in [0.3, 0.4) is 0 Å². The number of hydrogen-bond acceptors (Lipinski definition) is 8. The number of fused-ring (bicyclic) bond motifs is 2. The van der Waals surface area contributed by atoms with E-state index in [-0.39, 0.29) is 40.7 Å². The Morgan fingerprint density at radius 1 is 1.10 bits per heavy atom. The second-order valence-corrected chi connectivity index (χ2v) is 14.3. The van der Waals surface area contributed by atoms with E-state index in [1.54, 1.807) is 60.6 Å². The van der Waals surface area contributed by atoms with Gasteiger partial charge in [-0.3, -0.25) is 19.4 Å². The molecule has 2 fully saturated rings. The number of pyridine rings is 3. The highest BCUT2D eigenvalue weighted by molar-refractivity contribution is 6.10. The Labute approximate surface area is 295 Å². The van der Waals surface area contributed by atoms with Crippen molar-refractivity contribution in [1.82, 2.24) is 19.4 Å². The second kappa shape index (κ2) is 13.5. The fourth-order valence-electron chi connectivity index (χ4n) is 6.71. The monoisotopic (exact) mass is 692 g/mol. The number of aryl methyl sites for hydroxylation is 1. The van der Waals surface area contributed by atoms with Crippen molar-refractivity contribution in [1.29, 1.82) is 0 Å². The van der Waals surface area contributed by atoms with E-state index in [1.165, 1.54) is 22.4 Å². The molecular weight excluding hydrogens is 651 g/mol. The molecule has 11 nitrogen and oxygen atoms in total. The Kier molecular flexibility index (Phi) is 9.07. The van der Waals surface area contributed by atoms with Gasteiger partial charge >= 0.3 is 0 Å². The minimum atomic E-state index is -0.549. The maximum absolute atomic E-state index is 15.9. The minimum absolute atomic E-state index is 0.0429. The summed E-state index contributed by atoms with van der Waals surface area (Å²) in [5, 5.41) is 3.10. The Bertz CT molecular complexity index is 2110. The summed E-state index contributed by atoms with van der Waals surface area (Å²) < 4.78 is 28.4. The number of amides is 2. The van der Waals surface area contributed by atoms with Crippen molar-refractivity contribution >= 4 is 35.1 Å². The lowest BCUT2D eigenvalue weighted by Gasteiger charge is -2.29. The van der Waals surface area contributed by atoms with Crippen LogP contribution < -0.4 is 15.8 Å². The van der Waals surface area contributed by atoms with Crippen molar-refractivity contribution in [3.8, 4) is 11.3 Å². The van der Waals surface area contributed by atoms with Crippen LogP contribution in [0.4, 0.5) is 21.6 Å². The number of hydrogen-bond donors (Lipinski definition) is 1. The number of benzene rings is 1. The average molecular weight is 693 g/mol. The summed E-state index contributed by atoms with van der Waals surface area (Å²) in [6.45, 7) is 8.62. The molecule has 12 heteroatoms. The number of aromatic nitrogens is 3. The van der Waals surface area contributed by atoms with Gasteiger partial charge in [0.1, 0.15) is 17.3 Å². The van der Waals surface area contributed by atoms with Crippen LogP contribution in [-0.4, -0.2) is 71.2 Å². The molecule has 1 aliphatic carbocycles. The first-order chi connectivity index (χ1) is 24.4. The summed E-state index contributed by atoms with van der Waals surface area (Å²) >= 11 is 0. The van der Waals surface area contributed by atoms with E-state index in [0.717, 1.165) is 12.0 Å². The first kappa shape index (κ1) is 34.3. The number of nitrogens with one attached hydrogen (secondary N) is 1. The van der Waals surface area contributed by atoms with Crippen molar-refractivity contribution < 1.29 is 23.5 Å². The van der Waals surface area contributed by atoms with Crippen molar-refractivity contribution in [2.45, 2.75) is 39.2 Å². The number of nitrogens with zero attached hydrogens (tertiary/aromatic N) is 5. The largest absolute Gasteiger partial charge is 0.380 e. The lowest BCUT2D eigenvalue weighted by atomic mass is 9.84. The minimum Gasteiger partial charge on any atom is -0.380 e. The maximum Gasteiger partial charge on any atom is 0.274 e. The third kappa shape index (κ3) is 6.81. The normalized spacial score (nSPS) is 18.3. The van der Waals surface area contributed by atoms with Crippen LogP contribution in [0.2, 0.25) is 0 Å². The Morgan fingerprint density at radius 3 is 2.59 bits per heavy atom. The van der Waals surface area contributed by atoms with Gasteiger partial charge in [-0.25, -0.2) is 9.37 Å². The summed E-state index contributed by atoms with van der Waals surface area (Å²) in [4.78, 5) is 53.1. The third-order valence-electron chi connectivity index (χ3n) is 9.67. The van der Waals surface area contributed by atoms with E-state index in [4.69, 9.17) is 14.5 Å². The molecule has 0 spiro atoms. The van der Waals surface area contributed by atoms with Gasteiger partial charge in [-0.2, -0.15) is 0 Å². The Balaban J connectivity index is 1.24. The van der Waals surface area contributed by atoms with Crippen molar-refractivity contribution in [3.63, 3.8) is 0 Å². The Morgan fingerprint density at radius 2 is 1.88 bits per heavy atom. The van der Waals surface area contributed by atoms with Crippen molar-refractivity contribution in [3.05, 3.63) is 105 Å². The molecule has 3 aromatic heterocycles. The molecule has 1 saturated carbocycles. The van der Waals surface area contributed by atoms with Crippen LogP contribution in [-0.2, 0) is 28.5 Å². The summed E-state index contributed by atoms with van der Waals surface area (Å²) in [5.74, 6) is -0.556. The van der Waals surface area contributed by atoms with Gasteiger partial charge in [-0.15, -0.1) is 0 Å². The number of halogens is 1. The van der Waals surface area contributed by atoms with Gasteiger partial charge in [0.05, 0.1) is 42.3 Å². The van der Waals surface area contributed by atoms with E-state index in [2.05, 4.69) is 10.3 Å². The van der Waals surface area contributed by atoms with Crippen LogP contribution in [0, 0.1) is 11.7 Å². The molecule has 0 bridgehead atoms. The number of rotatable bonds is 7. The molecule has 1 unspecified atom stereocenters. The summed E-state index contributed by atoms with van der Waals surface area (Å²) in [5.41, 5.74) is 5.04. The van der Waals surface area contributed by atoms with Gasteiger partial charge in [-0.1, -0.05) is 38.5 Å². The van der Waals surface area contributed by atoms with Gasteiger partial charge in [0.15, 0.2) is 0 Å². The molecule has 1 aromatic carbocycles. The fraction of sp³-hybridized carbons (Fsp3) is 0.359. The lowest BCUT2D eigenvalue weighted by molar-refractivity contribution is 0.0302. The number of anilines is 3. The van der Waals surface area contributed by atoms with Gasteiger partial charge in [0.25, 0.3) is 17.4 Å². The number of morpholine rings is 1. The average Bonchev–Trinajstić information content (AvgIpc) is 3.84. The highest BCUT2D eigenvalue weighted by atomic mass is 19.1. The molecule has 2 aliphatic heterocycles. The quantitative estimate of drug-likeness (QED) is 0.262.